The Morgan fingerprint density at radius 2 is 1.58 bits per heavy atom. The molecule has 2 N–H and O–H groups in total. The van der Waals surface area contributed by atoms with Crippen molar-refractivity contribution >= 4 is 23.7 Å². The summed E-state index contributed by atoms with van der Waals surface area (Å²) in [6.45, 7) is 4.05. The summed E-state index contributed by atoms with van der Waals surface area (Å²) in [5, 5.41) is 6.80. The normalized spacial score (nSPS) is 10.6. The molecule has 3 aromatic carbocycles. The number of amides is 2. The summed E-state index contributed by atoms with van der Waals surface area (Å²) in [6.07, 6.45) is 1.48. The van der Waals surface area contributed by atoms with Crippen LogP contribution in [0, 0.1) is 6.92 Å². The van der Waals surface area contributed by atoms with Gasteiger partial charge in [0.05, 0.1) is 27.0 Å². The molecule has 9 nitrogen and oxygen atoms in total. The van der Waals surface area contributed by atoms with E-state index in [-0.39, 0.29) is 12.5 Å². The number of nitrogens with one attached hydrogen (secondary N) is 2. The maximum Gasteiger partial charge on any atom is 0.271 e. The highest BCUT2D eigenvalue weighted by molar-refractivity contribution is 5.95. The molecule has 0 heterocycles. The van der Waals surface area contributed by atoms with E-state index < -0.39 is 5.91 Å². The Morgan fingerprint density at radius 3 is 2.28 bits per heavy atom. The summed E-state index contributed by atoms with van der Waals surface area (Å²) in [7, 11) is 3.02. The fourth-order valence-electron chi connectivity index (χ4n) is 3.18. The lowest BCUT2D eigenvalue weighted by Crippen LogP contribution is -2.20. The third-order valence-corrected chi connectivity index (χ3v) is 4.99. The lowest BCUT2D eigenvalue weighted by Gasteiger charge is -2.13. The first-order chi connectivity index (χ1) is 17.4. The van der Waals surface area contributed by atoms with Gasteiger partial charge in [0.15, 0.2) is 29.6 Å². The molecule has 3 aromatic rings. The Kier molecular flexibility index (Phi) is 9.27. The number of rotatable bonds is 11. The zero-order valence-electron chi connectivity index (χ0n) is 20.7. The number of carbonyl (C=O) groups is 2. The quantitative estimate of drug-likeness (QED) is 0.308. The SMILES string of the molecule is CCOc1cc(/C=N/NC(=O)c2ccc(OC)c(OC)c2)ccc1OCC(=O)Nc1ccc(C)cc1. The van der Waals surface area contributed by atoms with Gasteiger partial charge in [-0.15, -0.1) is 0 Å². The van der Waals surface area contributed by atoms with Gasteiger partial charge in [-0.05, 0) is 67.9 Å². The Bertz CT molecular complexity index is 1220. The number of hydrogen-bond acceptors (Lipinski definition) is 7. The molecule has 0 unspecified atom stereocenters. The van der Waals surface area contributed by atoms with Gasteiger partial charge in [-0.25, -0.2) is 5.43 Å². The van der Waals surface area contributed by atoms with E-state index in [4.69, 9.17) is 18.9 Å². The van der Waals surface area contributed by atoms with Gasteiger partial charge >= 0.3 is 0 Å². The van der Waals surface area contributed by atoms with Crippen molar-refractivity contribution in [1.82, 2.24) is 5.43 Å². The van der Waals surface area contributed by atoms with Crippen molar-refractivity contribution in [2.24, 2.45) is 5.10 Å². The number of anilines is 1. The van der Waals surface area contributed by atoms with Crippen molar-refractivity contribution in [2.45, 2.75) is 13.8 Å². The molecule has 3 rings (SSSR count). The molecular weight excluding hydrogens is 462 g/mol. The van der Waals surface area contributed by atoms with Gasteiger partial charge in [0.1, 0.15) is 0 Å². The van der Waals surface area contributed by atoms with Crippen LogP contribution in [-0.4, -0.2) is 45.5 Å². The van der Waals surface area contributed by atoms with Crippen molar-refractivity contribution in [3.8, 4) is 23.0 Å². The van der Waals surface area contributed by atoms with Gasteiger partial charge < -0.3 is 24.3 Å². The number of ether oxygens (including phenoxy) is 4. The van der Waals surface area contributed by atoms with Crippen molar-refractivity contribution in [2.75, 3.05) is 32.8 Å². The van der Waals surface area contributed by atoms with Gasteiger partial charge in [-0.1, -0.05) is 17.7 Å². The van der Waals surface area contributed by atoms with Crippen molar-refractivity contribution in [3.63, 3.8) is 0 Å². The molecule has 0 atom stereocenters. The second kappa shape index (κ2) is 12.8. The molecular formula is C27H29N3O6. The van der Waals surface area contributed by atoms with Gasteiger partial charge in [-0.3, -0.25) is 9.59 Å². The Balaban J connectivity index is 1.61. The highest BCUT2D eigenvalue weighted by Gasteiger charge is 2.11. The maximum absolute atomic E-state index is 12.4. The molecule has 2 amide bonds. The smallest absolute Gasteiger partial charge is 0.271 e. The van der Waals surface area contributed by atoms with E-state index in [0.717, 1.165) is 5.56 Å². The van der Waals surface area contributed by atoms with E-state index in [1.165, 1.54) is 20.4 Å². The molecule has 9 heteroatoms. The minimum atomic E-state index is -0.406. The lowest BCUT2D eigenvalue weighted by atomic mass is 10.2. The molecule has 0 spiro atoms. The zero-order chi connectivity index (χ0) is 25.9. The summed E-state index contributed by atoms with van der Waals surface area (Å²) in [5.74, 6) is 1.15. The third-order valence-electron chi connectivity index (χ3n) is 4.99. The summed E-state index contributed by atoms with van der Waals surface area (Å²) in [6, 6.07) is 17.4. The van der Waals surface area contributed by atoms with Crippen LogP contribution in [0.5, 0.6) is 23.0 Å². The van der Waals surface area contributed by atoms with E-state index in [1.807, 2.05) is 38.1 Å². The van der Waals surface area contributed by atoms with Crippen LogP contribution in [0.2, 0.25) is 0 Å². The average Bonchev–Trinajstić information content (AvgIpc) is 2.89. The first-order valence-corrected chi connectivity index (χ1v) is 11.2. The Labute approximate surface area is 210 Å². The summed E-state index contributed by atoms with van der Waals surface area (Å²) in [4.78, 5) is 24.7. The number of hydrazone groups is 1. The molecule has 0 saturated carbocycles. The molecule has 0 saturated heterocycles. The monoisotopic (exact) mass is 491 g/mol. The standard InChI is InChI=1S/C27H29N3O6/c1-5-35-25-14-19(16-28-30-27(32)20-9-13-22(33-3)24(15-20)34-4)8-12-23(25)36-17-26(31)29-21-10-6-18(2)7-11-21/h6-16H,5,17H2,1-4H3,(H,29,31)(H,30,32)/b28-16+. The largest absolute Gasteiger partial charge is 0.493 e. The topological polar surface area (TPSA) is 107 Å². The van der Waals surface area contributed by atoms with Gasteiger partial charge in [0.2, 0.25) is 0 Å². The van der Waals surface area contributed by atoms with Gasteiger partial charge in [0, 0.05) is 11.3 Å². The number of methoxy groups -OCH3 is 2. The lowest BCUT2D eigenvalue weighted by molar-refractivity contribution is -0.118. The summed E-state index contributed by atoms with van der Waals surface area (Å²) >= 11 is 0. The van der Waals surface area contributed by atoms with Crippen molar-refractivity contribution in [3.05, 3.63) is 77.4 Å². The van der Waals surface area contributed by atoms with E-state index >= 15 is 0 Å². The number of carbonyl (C=O) groups excluding carboxylic acids is 2. The molecule has 0 fully saturated rings. The first kappa shape index (κ1) is 26.1. The Morgan fingerprint density at radius 1 is 0.861 bits per heavy atom. The predicted molar refractivity (Wildman–Crippen MR) is 138 cm³/mol. The van der Waals surface area contributed by atoms with E-state index in [9.17, 15) is 9.59 Å². The minimum absolute atomic E-state index is 0.178. The van der Waals surface area contributed by atoms with Crippen LogP contribution in [0.4, 0.5) is 5.69 Å². The second-order valence-electron chi connectivity index (χ2n) is 7.61. The van der Waals surface area contributed by atoms with Crippen molar-refractivity contribution in [1.29, 1.82) is 0 Å². The van der Waals surface area contributed by atoms with E-state index in [1.54, 1.807) is 36.4 Å². The number of benzene rings is 3. The maximum atomic E-state index is 12.4. The summed E-state index contributed by atoms with van der Waals surface area (Å²) in [5.41, 5.74) is 5.32. The van der Waals surface area contributed by atoms with E-state index in [0.29, 0.717) is 46.4 Å². The van der Waals surface area contributed by atoms with Crippen LogP contribution >= 0.6 is 0 Å². The Hall–Kier alpha value is -4.53. The van der Waals surface area contributed by atoms with Crippen LogP contribution < -0.4 is 29.7 Å². The molecule has 0 radical (unpaired) electrons. The predicted octanol–water partition coefficient (Wildman–Crippen LogP) is 4.19. The second-order valence-corrected chi connectivity index (χ2v) is 7.61. The fourth-order valence-corrected chi connectivity index (χ4v) is 3.18. The third kappa shape index (κ3) is 7.23. The molecule has 36 heavy (non-hydrogen) atoms. The molecule has 0 aliphatic heterocycles. The first-order valence-electron chi connectivity index (χ1n) is 11.2. The van der Waals surface area contributed by atoms with Crippen molar-refractivity contribution < 1.29 is 28.5 Å². The van der Waals surface area contributed by atoms with Gasteiger partial charge in [-0.2, -0.15) is 5.10 Å². The van der Waals surface area contributed by atoms with Gasteiger partial charge in [0.25, 0.3) is 11.8 Å². The number of aryl methyl sites for hydroxylation is 1. The minimum Gasteiger partial charge on any atom is -0.493 e. The molecule has 0 aromatic heterocycles. The van der Waals surface area contributed by atoms with E-state index in [2.05, 4.69) is 15.8 Å². The highest BCUT2D eigenvalue weighted by atomic mass is 16.5. The fraction of sp³-hybridized carbons (Fsp3) is 0.222. The average molecular weight is 492 g/mol. The highest BCUT2D eigenvalue weighted by Crippen LogP contribution is 2.29. The van der Waals surface area contributed by atoms with Crippen LogP contribution in [0.3, 0.4) is 0 Å². The molecule has 188 valence electrons. The van der Waals surface area contributed by atoms with Crippen LogP contribution in [0.15, 0.2) is 65.8 Å². The molecule has 0 aliphatic carbocycles. The number of nitrogens with zero attached hydrogens (tertiary/aromatic N) is 1. The molecule has 0 aliphatic rings. The zero-order valence-corrected chi connectivity index (χ0v) is 20.7. The van der Waals surface area contributed by atoms with Crippen LogP contribution in [0.1, 0.15) is 28.4 Å². The van der Waals surface area contributed by atoms with Crippen LogP contribution in [-0.2, 0) is 4.79 Å². The van der Waals surface area contributed by atoms with Crippen LogP contribution in [0.25, 0.3) is 0 Å². The molecule has 0 bridgehead atoms. The summed E-state index contributed by atoms with van der Waals surface area (Å²) < 4.78 is 21.7. The number of hydrogen-bond donors (Lipinski definition) is 2.